The molecule has 0 aromatic heterocycles. The molecular formula is C11H21F3N2OS. The molecule has 108 valence electrons. The minimum Gasteiger partial charge on any atom is -0.374 e. The van der Waals surface area contributed by atoms with Crippen molar-refractivity contribution < 1.29 is 17.9 Å². The molecule has 1 fully saturated rings. The largest absolute Gasteiger partial charge is 0.441 e. The van der Waals surface area contributed by atoms with Crippen LogP contribution in [0, 0.1) is 0 Å². The zero-order valence-electron chi connectivity index (χ0n) is 10.8. The van der Waals surface area contributed by atoms with Crippen LogP contribution in [0.2, 0.25) is 0 Å². The van der Waals surface area contributed by atoms with Crippen LogP contribution in [0.25, 0.3) is 0 Å². The smallest absolute Gasteiger partial charge is 0.374 e. The summed E-state index contributed by atoms with van der Waals surface area (Å²) >= 11 is 0.0119. The molecule has 0 bridgehead atoms. The highest BCUT2D eigenvalue weighted by Crippen LogP contribution is 2.29. The van der Waals surface area contributed by atoms with Gasteiger partial charge in [0.25, 0.3) is 0 Å². The van der Waals surface area contributed by atoms with Gasteiger partial charge >= 0.3 is 5.51 Å². The molecule has 0 saturated carbocycles. The molecule has 18 heavy (non-hydrogen) atoms. The molecule has 1 atom stereocenters. The van der Waals surface area contributed by atoms with Gasteiger partial charge in [-0.1, -0.05) is 0 Å². The highest BCUT2D eigenvalue weighted by Gasteiger charge is 2.27. The van der Waals surface area contributed by atoms with Crippen molar-refractivity contribution in [2.75, 3.05) is 38.5 Å². The van der Waals surface area contributed by atoms with E-state index < -0.39 is 5.51 Å². The van der Waals surface area contributed by atoms with Crippen molar-refractivity contribution in [1.82, 2.24) is 10.2 Å². The third-order valence-corrected chi connectivity index (χ3v) is 3.55. The fourth-order valence-electron chi connectivity index (χ4n) is 1.84. The first-order chi connectivity index (χ1) is 8.38. The molecule has 1 unspecified atom stereocenters. The molecule has 1 aliphatic heterocycles. The number of hydrogen-bond donors (Lipinski definition) is 1. The summed E-state index contributed by atoms with van der Waals surface area (Å²) in [5, 5.41) is 3.01. The van der Waals surface area contributed by atoms with E-state index in [-0.39, 0.29) is 23.6 Å². The lowest BCUT2D eigenvalue weighted by Gasteiger charge is -2.35. The van der Waals surface area contributed by atoms with Gasteiger partial charge in [0.1, 0.15) is 0 Å². The highest BCUT2D eigenvalue weighted by atomic mass is 32.2. The second kappa shape index (κ2) is 7.57. The molecule has 0 aliphatic carbocycles. The average molecular weight is 286 g/mol. The third-order valence-electron chi connectivity index (χ3n) is 2.82. The van der Waals surface area contributed by atoms with Crippen LogP contribution in [-0.2, 0) is 4.74 Å². The van der Waals surface area contributed by atoms with Gasteiger partial charge in [-0.2, -0.15) is 13.2 Å². The van der Waals surface area contributed by atoms with Crippen molar-refractivity contribution in [2.24, 2.45) is 0 Å². The molecule has 1 N–H and O–H groups in total. The van der Waals surface area contributed by atoms with Gasteiger partial charge in [-0.15, -0.1) is 0 Å². The Morgan fingerprint density at radius 1 is 1.44 bits per heavy atom. The summed E-state index contributed by atoms with van der Waals surface area (Å²) < 4.78 is 41.2. The first-order valence-electron chi connectivity index (χ1n) is 6.15. The summed E-state index contributed by atoms with van der Waals surface area (Å²) in [6.45, 7) is 7.70. The Hall–Kier alpha value is 0.0200. The summed E-state index contributed by atoms with van der Waals surface area (Å²) in [6, 6.07) is 0.484. The lowest BCUT2D eigenvalue weighted by Crippen LogP contribution is -2.49. The summed E-state index contributed by atoms with van der Waals surface area (Å²) in [5.41, 5.74) is -4.13. The molecule has 1 aliphatic rings. The van der Waals surface area contributed by atoms with E-state index in [4.69, 9.17) is 4.74 Å². The number of nitrogens with zero attached hydrogens (tertiary/aromatic N) is 1. The number of halogens is 3. The Balaban J connectivity index is 2.08. The van der Waals surface area contributed by atoms with Crippen molar-refractivity contribution in [2.45, 2.75) is 31.5 Å². The molecule has 0 spiro atoms. The van der Waals surface area contributed by atoms with Gasteiger partial charge in [-0.05, 0) is 25.6 Å². The number of ether oxygens (including phenoxy) is 1. The number of thioether (sulfide) groups is 1. The maximum Gasteiger partial charge on any atom is 0.441 e. The minimum absolute atomic E-state index is 0.0119. The summed E-state index contributed by atoms with van der Waals surface area (Å²) in [4.78, 5) is 2.32. The van der Waals surface area contributed by atoms with E-state index in [9.17, 15) is 13.2 Å². The van der Waals surface area contributed by atoms with E-state index in [0.29, 0.717) is 25.7 Å². The molecule has 1 rings (SSSR count). The maximum atomic E-state index is 11.9. The second-order valence-corrected chi connectivity index (χ2v) is 5.74. The molecular weight excluding hydrogens is 265 g/mol. The number of morpholine rings is 1. The number of hydrogen-bond acceptors (Lipinski definition) is 4. The Morgan fingerprint density at radius 3 is 2.78 bits per heavy atom. The van der Waals surface area contributed by atoms with Gasteiger partial charge < -0.3 is 10.1 Å². The number of rotatable bonds is 6. The molecule has 7 heteroatoms. The second-order valence-electron chi connectivity index (χ2n) is 4.58. The molecule has 0 amide bonds. The highest BCUT2D eigenvalue weighted by molar-refractivity contribution is 8.00. The predicted molar refractivity (Wildman–Crippen MR) is 67.8 cm³/mol. The topological polar surface area (TPSA) is 24.5 Å². The van der Waals surface area contributed by atoms with Crippen LogP contribution in [0.4, 0.5) is 13.2 Å². The molecule has 0 aromatic rings. The van der Waals surface area contributed by atoms with Gasteiger partial charge in [0.15, 0.2) is 0 Å². The van der Waals surface area contributed by atoms with Crippen LogP contribution in [0.5, 0.6) is 0 Å². The third kappa shape index (κ3) is 6.82. The minimum atomic E-state index is -4.13. The fourth-order valence-corrected chi connectivity index (χ4v) is 2.31. The van der Waals surface area contributed by atoms with E-state index in [1.165, 1.54) is 0 Å². The Bertz CT molecular complexity index is 239. The SMILES string of the molecule is CC(C)N1CCOC(CNCCSC(F)(F)F)C1. The lowest BCUT2D eigenvalue weighted by atomic mass is 10.2. The lowest BCUT2D eigenvalue weighted by molar-refractivity contribution is -0.0370. The molecule has 0 aromatic carbocycles. The van der Waals surface area contributed by atoms with E-state index in [1.807, 2.05) is 0 Å². The van der Waals surface area contributed by atoms with E-state index >= 15 is 0 Å². The summed E-state index contributed by atoms with van der Waals surface area (Å²) in [7, 11) is 0. The van der Waals surface area contributed by atoms with Crippen LogP contribution in [0.1, 0.15) is 13.8 Å². The van der Waals surface area contributed by atoms with Gasteiger partial charge in [0, 0.05) is 38.0 Å². The Kier molecular flexibility index (Phi) is 6.76. The van der Waals surface area contributed by atoms with E-state index in [1.54, 1.807) is 0 Å². The Labute approximate surface area is 110 Å². The average Bonchev–Trinajstić information content (AvgIpc) is 2.27. The zero-order valence-corrected chi connectivity index (χ0v) is 11.6. The van der Waals surface area contributed by atoms with Crippen LogP contribution < -0.4 is 5.32 Å². The van der Waals surface area contributed by atoms with Crippen molar-refractivity contribution in [1.29, 1.82) is 0 Å². The normalized spacial score (nSPS) is 22.7. The van der Waals surface area contributed by atoms with Crippen LogP contribution in [0.3, 0.4) is 0 Å². The fraction of sp³-hybridized carbons (Fsp3) is 1.00. The molecule has 3 nitrogen and oxygen atoms in total. The first kappa shape index (κ1) is 16.1. The van der Waals surface area contributed by atoms with Gasteiger partial charge in [0.05, 0.1) is 12.7 Å². The van der Waals surface area contributed by atoms with E-state index in [2.05, 4.69) is 24.1 Å². The quantitative estimate of drug-likeness (QED) is 0.754. The monoisotopic (exact) mass is 286 g/mol. The van der Waals surface area contributed by atoms with Gasteiger partial charge in [-0.3, -0.25) is 4.90 Å². The maximum absolute atomic E-state index is 11.9. The van der Waals surface area contributed by atoms with Crippen LogP contribution in [0.15, 0.2) is 0 Å². The number of nitrogens with one attached hydrogen (secondary N) is 1. The number of alkyl halides is 3. The summed E-state index contributed by atoms with van der Waals surface area (Å²) in [5.74, 6) is 0.0457. The van der Waals surface area contributed by atoms with Crippen molar-refractivity contribution >= 4 is 11.8 Å². The van der Waals surface area contributed by atoms with Crippen molar-refractivity contribution in [3.05, 3.63) is 0 Å². The first-order valence-corrected chi connectivity index (χ1v) is 7.14. The van der Waals surface area contributed by atoms with Gasteiger partial charge in [0.2, 0.25) is 0 Å². The van der Waals surface area contributed by atoms with E-state index in [0.717, 1.165) is 13.1 Å². The van der Waals surface area contributed by atoms with Crippen molar-refractivity contribution in [3.63, 3.8) is 0 Å². The zero-order chi connectivity index (χ0) is 13.6. The molecule has 1 saturated heterocycles. The summed E-state index contributed by atoms with van der Waals surface area (Å²) in [6.07, 6.45) is 0.0806. The van der Waals surface area contributed by atoms with Gasteiger partial charge in [-0.25, -0.2) is 0 Å². The Morgan fingerprint density at radius 2 is 2.17 bits per heavy atom. The molecule has 0 radical (unpaired) electrons. The predicted octanol–water partition coefficient (Wildman–Crippen LogP) is 1.94. The standard InChI is InChI=1S/C11H21F3N2OS/c1-9(2)16-4-5-17-10(8-16)7-15-3-6-18-11(12,13)14/h9-10,15H,3-8H2,1-2H3. The van der Waals surface area contributed by atoms with Crippen LogP contribution >= 0.6 is 11.8 Å². The molecule has 1 heterocycles. The van der Waals surface area contributed by atoms with Crippen LogP contribution in [-0.4, -0.2) is 61.1 Å². The van der Waals surface area contributed by atoms with Crippen molar-refractivity contribution in [3.8, 4) is 0 Å².